The van der Waals surface area contributed by atoms with E-state index in [0.717, 1.165) is 12.1 Å². The lowest BCUT2D eigenvalue weighted by atomic mass is 9.99. The van der Waals surface area contributed by atoms with Gasteiger partial charge in [-0.05, 0) is 48.7 Å². The first kappa shape index (κ1) is 19.8. The van der Waals surface area contributed by atoms with Crippen molar-refractivity contribution >= 4 is 28.8 Å². The Kier molecular flexibility index (Phi) is 5.11. The predicted octanol–water partition coefficient (Wildman–Crippen LogP) is 4.23. The van der Waals surface area contributed by atoms with Crippen molar-refractivity contribution in [2.75, 3.05) is 23.8 Å². The largest absolute Gasteiger partial charge is 0.493 e. The number of ether oxygens (including phenoxy) is 2. The van der Waals surface area contributed by atoms with E-state index in [1.807, 2.05) is 0 Å². The molecule has 156 valence electrons. The first-order chi connectivity index (χ1) is 14.3. The van der Waals surface area contributed by atoms with Gasteiger partial charge < -0.3 is 20.1 Å². The van der Waals surface area contributed by atoms with Gasteiger partial charge in [-0.2, -0.15) is 13.2 Å². The van der Waals surface area contributed by atoms with Crippen LogP contribution in [0, 0.1) is 0 Å². The van der Waals surface area contributed by atoms with Crippen molar-refractivity contribution in [3.8, 4) is 11.5 Å². The van der Waals surface area contributed by atoms with Crippen molar-refractivity contribution in [3.63, 3.8) is 0 Å². The topological polar surface area (TPSA) is 76.7 Å². The molecule has 2 N–H and O–H groups in total. The summed E-state index contributed by atoms with van der Waals surface area (Å²) >= 11 is 0. The number of allylic oxidation sites excluding steroid dienone is 1. The maximum absolute atomic E-state index is 13.0. The van der Waals surface area contributed by atoms with Crippen molar-refractivity contribution in [2.45, 2.75) is 19.0 Å². The Bertz CT molecular complexity index is 1050. The minimum Gasteiger partial charge on any atom is -0.493 e. The molecule has 0 unspecified atom stereocenters. The lowest BCUT2D eigenvalue weighted by molar-refractivity contribution is -0.137. The highest BCUT2D eigenvalue weighted by Crippen LogP contribution is 2.38. The quantitative estimate of drug-likeness (QED) is 0.716. The van der Waals surface area contributed by atoms with E-state index >= 15 is 0 Å². The molecule has 9 heteroatoms. The Balaban J connectivity index is 1.57. The van der Waals surface area contributed by atoms with E-state index in [1.54, 1.807) is 18.2 Å². The molecular weight excluding hydrogens is 401 g/mol. The summed E-state index contributed by atoms with van der Waals surface area (Å²) in [5, 5.41) is 5.35. The fourth-order valence-electron chi connectivity index (χ4n) is 3.31. The maximum Gasteiger partial charge on any atom is 0.416 e. The molecule has 0 aliphatic carbocycles. The highest BCUT2D eigenvalue weighted by molar-refractivity contribution is 6.05. The zero-order valence-corrected chi connectivity index (χ0v) is 15.6. The van der Waals surface area contributed by atoms with Crippen molar-refractivity contribution in [2.24, 2.45) is 0 Å². The number of hydrogen-bond acceptors (Lipinski definition) is 4. The Morgan fingerprint density at radius 1 is 1.10 bits per heavy atom. The SMILES string of the molecule is O=C(/C=C1\CCCOc2cc(C(F)(F)F)ccc21)Nc1ccc2c(c1)NC(=O)CO2. The Morgan fingerprint density at radius 2 is 1.93 bits per heavy atom. The van der Waals surface area contributed by atoms with Gasteiger partial charge in [0.2, 0.25) is 5.91 Å². The van der Waals surface area contributed by atoms with Crippen molar-refractivity contribution in [1.29, 1.82) is 0 Å². The fraction of sp³-hybridized carbons (Fsp3) is 0.238. The van der Waals surface area contributed by atoms with Gasteiger partial charge in [-0.25, -0.2) is 0 Å². The average Bonchev–Trinajstić information content (AvgIpc) is 2.88. The lowest BCUT2D eigenvalue weighted by Crippen LogP contribution is -2.25. The molecule has 0 radical (unpaired) electrons. The number of anilines is 2. The zero-order chi connectivity index (χ0) is 21.3. The molecule has 2 amide bonds. The molecular formula is C21H17F3N2O4. The number of alkyl halides is 3. The van der Waals surface area contributed by atoms with Crippen LogP contribution in [0.2, 0.25) is 0 Å². The molecule has 0 saturated carbocycles. The number of carbonyl (C=O) groups excluding carboxylic acids is 2. The summed E-state index contributed by atoms with van der Waals surface area (Å²) in [7, 11) is 0. The smallest absolute Gasteiger partial charge is 0.416 e. The molecule has 2 aliphatic heterocycles. The van der Waals surface area contributed by atoms with Crippen LogP contribution in [0.5, 0.6) is 11.5 Å². The summed E-state index contributed by atoms with van der Waals surface area (Å²) in [4.78, 5) is 24.0. The Labute approximate surface area is 169 Å². The predicted molar refractivity (Wildman–Crippen MR) is 103 cm³/mol. The summed E-state index contributed by atoms with van der Waals surface area (Å²) in [6.45, 7) is 0.195. The lowest BCUT2D eigenvalue weighted by Gasteiger charge is -2.18. The normalized spacial score (nSPS) is 17.0. The van der Waals surface area contributed by atoms with Gasteiger partial charge in [0.05, 0.1) is 17.9 Å². The molecule has 0 atom stereocenters. The van der Waals surface area contributed by atoms with Crippen LogP contribution >= 0.6 is 0 Å². The van der Waals surface area contributed by atoms with Gasteiger partial charge in [0, 0.05) is 17.3 Å². The van der Waals surface area contributed by atoms with Crippen LogP contribution in [0.1, 0.15) is 24.0 Å². The zero-order valence-electron chi connectivity index (χ0n) is 15.6. The van der Waals surface area contributed by atoms with Gasteiger partial charge >= 0.3 is 6.18 Å². The molecule has 2 heterocycles. The first-order valence-electron chi connectivity index (χ1n) is 9.22. The summed E-state index contributed by atoms with van der Waals surface area (Å²) in [6.07, 6.45) is -2.07. The van der Waals surface area contributed by atoms with Crippen LogP contribution in [0.25, 0.3) is 5.57 Å². The molecule has 0 fully saturated rings. The molecule has 0 aromatic heterocycles. The standard InChI is InChI=1S/C21H17F3N2O4/c22-21(23,24)13-3-5-15-12(2-1-7-29-18(15)9-13)8-19(27)25-14-4-6-17-16(10-14)26-20(28)11-30-17/h3-6,8-10H,1-2,7,11H2,(H,25,27)(H,26,28)/b12-8+. The van der Waals surface area contributed by atoms with E-state index < -0.39 is 17.6 Å². The average molecular weight is 418 g/mol. The summed E-state index contributed by atoms with van der Waals surface area (Å²) in [5.41, 5.74) is 1.14. The van der Waals surface area contributed by atoms with E-state index in [4.69, 9.17) is 9.47 Å². The van der Waals surface area contributed by atoms with Crippen LogP contribution in [-0.4, -0.2) is 25.0 Å². The van der Waals surface area contributed by atoms with Crippen LogP contribution in [0.4, 0.5) is 24.5 Å². The molecule has 6 nitrogen and oxygen atoms in total. The summed E-state index contributed by atoms with van der Waals surface area (Å²) in [5.74, 6) is -0.126. The summed E-state index contributed by atoms with van der Waals surface area (Å²) < 4.78 is 49.7. The van der Waals surface area contributed by atoms with Gasteiger partial charge in [0.15, 0.2) is 6.61 Å². The number of hydrogen-bond donors (Lipinski definition) is 2. The maximum atomic E-state index is 13.0. The second-order valence-corrected chi connectivity index (χ2v) is 6.87. The summed E-state index contributed by atoms with van der Waals surface area (Å²) in [6, 6.07) is 8.10. The second-order valence-electron chi connectivity index (χ2n) is 6.87. The molecule has 0 saturated heterocycles. The van der Waals surface area contributed by atoms with E-state index in [1.165, 1.54) is 12.1 Å². The fourth-order valence-corrected chi connectivity index (χ4v) is 3.31. The van der Waals surface area contributed by atoms with Crippen molar-refractivity contribution in [1.82, 2.24) is 0 Å². The number of carbonyl (C=O) groups is 2. The van der Waals surface area contributed by atoms with Crippen LogP contribution < -0.4 is 20.1 Å². The first-order valence-corrected chi connectivity index (χ1v) is 9.22. The molecule has 2 aromatic rings. The highest BCUT2D eigenvalue weighted by Gasteiger charge is 2.32. The highest BCUT2D eigenvalue weighted by atomic mass is 19.4. The number of fused-ring (bicyclic) bond motifs is 2. The van der Waals surface area contributed by atoms with Gasteiger partial charge in [-0.1, -0.05) is 6.07 Å². The van der Waals surface area contributed by atoms with Gasteiger partial charge in [0.1, 0.15) is 11.5 Å². The Hall–Kier alpha value is -3.49. The third-order valence-electron chi connectivity index (χ3n) is 4.69. The molecule has 0 spiro atoms. The minimum absolute atomic E-state index is 0.0671. The van der Waals surface area contributed by atoms with E-state index in [9.17, 15) is 22.8 Å². The third kappa shape index (κ3) is 4.24. The van der Waals surface area contributed by atoms with Crippen LogP contribution in [0.3, 0.4) is 0 Å². The molecule has 4 rings (SSSR count). The second kappa shape index (κ2) is 7.74. The van der Waals surface area contributed by atoms with E-state index in [0.29, 0.717) is 41.1 Å². The number of amides is 2. The van der Waals surface area contributed by atoms with Gasteiger partial charge in [-0.3, -0.25) is 9.59 Å². The third-order valence-corrected chi connectivity index (χ3v) is 4.69. The van der Waals surface area contributed by atoms with Gasteiger partial charge in [-0.15, -0.1) is 0 Å². The molecule has 2 aliphatic rings. The van der Waals surface area contributed by atoms with E-state index in [-0.39, 0.29) is 24.9 Å². The number of benzene rings is 2. The van der Waals surface area contributed by atoms with Gasteiger partial charge in [0.25, 0.3) is 5.91 Å². The van der Waals surface area contributed by atoms with Crippen molar-refractivity contribution < 1.29 is 32.2 Å². The number of halogens is 3. The molecule has 2 aromatic carbocycles. The van der Waals surface area contributed by atoms with E-state index in [2.05, 4.69) is 10.6 Å². The van der Waals surface area contributed by atoms with Crippen LogP contribution in [-0.2, 0) is 15.8 Å². The molecule has 30 heavy (non-hydrogen) atoms. The Morgan fingerprint density at radius 3 is 2.73 bits per heavy atom. The monoisotopic (exact) mass is 418 g/mol. The van der Waals surface area contributed by atoms with Crippen LogP contribution in [0.15, 0.2) is 42.5 Å². The molecule has 0 bridgehead atoms. The number of rotatable bonds is 2. The van der Waals surface area contributed by atoms with Crippen molar-refractivity contribution in [3.05, 3.63) is 53.6 Å². The number of nitrogens with one attached hydrogen (secondary N) is 2. The minimum atomic E-state index is -4.47.